The minimum Gasteiger partial charge on any atom is -0.497 e. The van der Waals surface area contributed by atoms with Crippen LogP contribution in [0.25, 0.3) is 6.08 Å². The Kier molecular flexibility index (Phi) is 8.21. The van der Waals surface area contributed by atoms with Crippen molar-refractivity contribution in [1.29, 1.82) is 5.26 Å². The number of nitriles is 1. The van der Waals surface area contributed by atoms with E-state index in [1.54, 1.807) is 55.6 Å². The van der Waals surface area contributed by atoms with Crippen LogP contribution in [0.4, 0.5) is 5.69 Å². The van der Waals surface area contributed by atoms with Gasteiger partial charge in [0.2, 0.25) is 0 Å². The van der Waals surface area contributed by atoms with Crippen LogP contribution in [0.5, 0.6) is 11.5 Å². The molecule has 3 aromatic rings. The highest BCUT2D eigenvalue weighted by Crippen LogP contribution is 2.17. The number of hydrogen-bond donors (Lipinski definition) is 2. The smallest absolute Gasteiger partial charge is 0.262 e. The molecular weight excluding hydrogens is 418 g/mol. The van der Waals surface area contributed by atoms with Crippen molar-refractivity contribution in [3.05, 3.63) is 95.6 Å². The number of nitrogens with one attached hydrogen (secondary N) is 2. The second-order valence-corrected chi connectivity index (χ2v) is 6.98. The minimum atomic E-state index is -0.466. The van der Waals surface area contributed by atoms with Crippen molar-refractivity contribution in [1.82, 2.24) is 5.32 Å². The van der Waals surface area contributed by atoms with Crippen LogP contribution in [0.1, 0.15) is 11.1 Å². The van der Waals surface area contributed by atoms with Gasteiger partial charge in [0.25, 0.3) is 11.8 Å². The van der Waals surface area contributed by atoms with Crippen LogP contribution in [0.3, 0.4) is 0 Å². The summed E-state index contributed by atoms with van der Waals surface area (Å²) in [6, 6.07) is 25.1. The third kappa shape index (κ3) is 7.26. The molecule has 0 heterocycles. The van der Waals surface area contributed by atoms with Crippen LogP contribution < -0.4 is 20.1 Å². The molecule has 2 amide bonds. The lowest BCUT2D eigenvalue weighted by atomic mass is 10.1. The molecule has 0 aromatic heterocycles. The highest BCUT2D eigenvalue weighted by atomic mass is 16.5. The summed E-state index contributed by atoms with van der Waals surface area (Å²) < 4.78 is 10.6. The topological polar surface area (TPSA) is 100 Å². The first-order chi connectivity index (χ1) is 16.1. The van der Waals surface area contributed by atoms with E-state index in [0.29, 0.717) is 29.3 Å². The van der Waals surface area contributed by atoms with Crippen molar-refractivity contribution in [3.8, 4) is 17.6 Å². The molecule has 3 rings (SSSR count). The summed E-state index contributed by atoms with van der Waals surface area (Å²) in [4.78, 5) is 24.5. The first-order valence-corrected chi connectivity index (χ1v) is 10.2. The van der Waals surface area contributed by atoms with E-state index in [-0.39, 0.29) is 18.1 Å². The molecule has 2 N–H and O–H groups in total. The van der Waals surface area contributed by atoms with Crippen LogP contribution in [0.15, 0.2) is 84.4 Å². The molecule has 0 fully saturated rings. The number of ether oxygens (including phenoxy) is 2. The Morgan fingerprint density at radius 2 is 1.73 bits per heavy atom. The van der Waals surface area contributed by atoms with Crippen molar-refractivity contribution < 1.29 is 19.1 Å². The summed E-state index contributed by atoms with van der Waals surface area (Å²) in [6.07, 6.45) is 1.48. The zero-order chi connectivity index (χ0) is 23.5. The molecule has 0 aliphatic carbocycles. The van der Waals surface area contributed by atoms with Gasteiger partial charge in [-0.2, -0.15) is 5.26 Å². The number of nitrogens with zero attached hydrogens (tertiary/aromatic N) is 1. The average Bonchev–Trinajstić information content (AvgIpc) is 2.86. The molecule has 0 saturated heterocycles. The molecule has 33 heavy (non-hydrogen) atoms. The van der Waals surface area contributed by atoms with Crippen LogP contribution in [-0.2, 0) is 16.1 Å². The summed E-state index contributed by atoms with van der Waals surface area (Å²) in [6.45, 7) is 0.132. The largest absolute Gasteiger partial charge is 0.497 e. The Labute approximate surface area is 192 Å². The second kappa shape index (κ2) is 11.7. The summed E-state index contributed by atoms with van der Waals surface area (Å²) in [5, 5.41) is 14.9. The number of rotatable bonds is 9. The van der Waals surface area contributed by atoms with E-state index >= 15 is 0 Å². The lowest BCUT2D eigenvalue weighted by Gasteiger charge is -2.09. The van der Waals surface area contributed by atoms with E-state index < -0.39 is 5.91 Å². The Morgan fingerprint density at radius 1 is 0.970 bits per heavy atom. The minimum absolute atomic E-state index is 0.0275. The maximum Gasteiger partial charge on any atom is 0.262 e. The van der Waals surface area contributed by atoms with Gasteiger partial charge >= 0.3 is 0 Å². The molecular formula is C26H23N3O4. The normalized spacial score (nSPS) is 10.6. The molecule has 0 bridgehead atoms. The predicted octanol–water partition coefficient (Wildman–Crippen LogP) is 3.94. The molecule has 0 saturated carbocycles. The Morgan fingerprint density at radius 3 is 2.42 bits per heavy atom. The third-order valence-corrected chi connectivity index (χ3v) is 4.57. The monoisotopic (exact) mass is 441 g/mol. The highest BCUT2D eigenvalue weighted by Gasteiger charge is 2.10. The summed E-state index contributed by atoms with van der Waals surface area (Å²) in [5.41, 5.74) is 2.14. The molecule has 0 unspecified atom stereocenters. The number of methoxy groups -OCH3 is 1. The Hall–Kier alpha value is -4.57. The van der Waals surface area contributed by atoms with Crippen molar-refractivity contribution in [2.75, 3.05) is 19.0 Å². The fourth-order valence-electron chi connectivity index (χ4n) is 2.90. The van der Waals surface area contributed by atoms with Gasteiger partial charge in [0.05, 0.1) is 7.11 Å². The predicted molar refractivity (Wildman–Crippen MR) is 125 cm³/mol. The Bertz CT molecular complexity index is 1170. The molecule has 166 valence electrons. The van der Waals surface area contributed by atoms with Gasteiger partial charge in [0.1, 0.15) is 23.1 Å². The number of benzene rings is 3. The van der Waals surface area contributed by atoms with Crippen molar-refractivity contribution in [2.45, 2.75) is 6.54 Å². The number of hydrogen-bond acceptors (Lipinski definition) is 5. The molecule has 0 aliphatic heterocycles. The number of carbonyl (C=O) groups is 2. The highest BCUT2D eigenvalue weighted by molar-refractivity contribution is 6.01. The Balaban J connectivity index is 1.56. The lowest BCUT2D eigenvalue weighted by molar-refractivity contribution is -0.118. The van der Waals surface area contributed by atoms with Gasteiger partial charge in [0, 0.05) is 12.2 Å². The van der Waals surface area contributed by atoms with E-state index in [2.05, 4.69) is 10.6 Å². The lowest BCUT2D eigenvalue weighted by Crippen LogP contribution is -2.23. The SMILES string of the molecule is COc1ccc(NC(=O)COc2cccc(/C=C(\C#N)C(=O)NCc3ccccc3)c2)cc1. The molecule has 3 aromatic carbocycles. The summed E-state index contributed by atoms with van der Waals surface area (Å²) in [7, 11) is 1.57. The number of anilines is 1. The second-order valence-electron chi connectivity index (χ2n) is 6.98. The number of amides is 2. The van der Waals surface area contributed by atoms with Gasteiger partial charge < -0.3 is 20.1 Å². The maximum atomic E-state index is 12.4. The molecule has 7 nitrogen and oxygen atoms in total. The molecule has 0 spiro atoms. The average molecular weight is 441 g/mol. The van der Waals surface area contributed by atoms with Gasteiger partial charge in [-0.05, 0) is 53.6 Å². The van der Waals surface area contributed by atoms with Crippen LogP contribution in [0.2, 0.25) is 0 Å². The number of carbonyl (C=O) groups excluding carboxylic acids is 2. The van der Waals surface area contributed by atoms with Crippen LogP contribution in [-0.4, -0.2) is 25.5 Å². The fourth-order valence-corrected chi connectivity index (χ4v) is 2.90. The maximum absolute atomic E-state index is 12.4. The molecule has 7 heteroatoms. The first-order valence-electron chi connectivity index (χ1n) is 10.2. The van der Waals surface area contributed by atoms with Crippen LogP contribution in [0, 0.1) is 11.3 Å². The molecule has 0 aliphatic rings. The molecule has 0 radical (unpaired) electrons. The summed E-state index contributed by atoms with van der Waals surface area (Å²) >= 11 is 0. The summed E-state index contributed by atoms with van der Waals surface area (Å²) in [5.74, 6) is 0.348. The fraction of sp³-hybridized carbons (Fsp3) is 0.115. The third-order valence-electron chi connectivity index (χ3n) is 4.57. The first kappa shape index (κ1) is 23.1. The van der Waals surface area contributed by atoms with Crippen molar-refractivity contribution in [2.24, 2.45) is 0 Å². The standard InChI is InChI=1S/C26H23N3O4/c1-32-23-12-10-22(11-13-23)29-25(30)18-33-24-9-5-8-20(15-24)14-21(16-27)26(31)28-17-19-6-3-2-4-7-19/h2-15H,17-18H2,1H3,(H,28,31)(H,29,30)/b21-14+. The quantitative estimate of drug-likeness (QED) is 0.387. The zero-order valence-electron chi connectivity index (χ0n) is 18.1. The van der Waals surface area contributed by atoms with E-state index in [0.717, 1.165) is 5.56 Å². The van der Waals surface area contributed by atoms with Gasteiger partial charge in [-0.3, -0.25) is 9.59 Å². The van der Waals surface area contributed by atoms with Crippen molar-refractivity contribution in [3.63, 3.8) is 0 Å². The van der Waals surface area contributed by atoms with E-state index in [9.17, 15) is 14.9 Å². The molecule has 0 atom stereocenters. The van der Waals surface area contributed by atoms with E-state index in [1.165, 1.54) is 6.08 Å². The van der Waals surface area contributed by atoms with Crippen LogP contribution >= 0.6 is 0 Å². The van der Waals surface area contributed by atoms with Gasteiger partial charge in [-0.1, -0.05) is 42.5 Å². The van der Waals surface area contributed by atoms with E-state index in [1.807, 2.05) is 36.4 Å². The van der Waals surface area contributed by atoms with Gasteiger partial charge in [-0.15, -0.1) is 0 Å². The van der Waals surface area contributed by atoms with Gasteiger partial charge in [0.15, 0.2) is 6.61 Å². The van der Waals surface area contributed by atoms with Crippen molar-refractivity contribution >= 4 is 23.6 Å². The van der Waals surface area contributed by atoms with Gasteiger partial charge in [-0.25, -0.2) is 0 Å². The van der Waals surface area contributed by atoms with E-state index in [4.69, 9.17) is 9.47 Å². The zero-order valence-corrected chi connectivity index (χ0v) is 18.1.